The number of carbonyl (C=O) groups is 1. The number of carbonyl (C=O) groups excluding carboxylic acids is 1. The highest BCUT2D eigenvalue weighted by Crippen LogP contribution is 2.25. The summed E-state index contributed by atoms with van der Waals surface area (Å²) in [7, 11) is -3.92. The Morgan fingerprint density at radius 2 is 1.63 bits per heavy atom. The lowest BCUT2D eigenvalue weighted by Crippen LogP contribution is -2.38. The highest BCUT2D eigenvalue weighted by atomic mass is 32.2. The zero-order valence-electron chi connectivity index (χ0n) is 17.1. The fourth-order valence-corrected chi connectivity index (χ4v) is 4.84. The zero-order chi connectivity index (χ0) is 21.7. The van der Waals surface area contributed by atoms with Gasteiger partial charge in [0.1, 0.15) is 6.54 Å². The third kappa shape index (κ3) is 5.23. The number of hydrogen-bond acceptors (Lipinski definition) is 4. The summed E-state index contributed by atoms with van der Waals surface area (Å²) in [5, 5.41) is 2.81. The Hall–Kier alpha value is -2.77. The van der Waals surface area contributed by atoms with E-state index in [1.165, 1.54) is 0 Å². The second-order valence-electron chi connectivity index (χ2n) is 6.94. The summed E-state index contributed by atoms with van der Waals surface area (Å²) in [4.78, 5) is 13.9. The molecule has 0 bridgehead atoms. The number of nitrogens with one attached hydrogen (secondary N) is 1. The maximum Gasteiger partial charge on any atom is 0.264 e. The van der Waals surface area contributed by atoms with Crippen LogP contribution in [0.15, 0.2) is 82.6 Å². The summed E-state index contributed by atoms with van der Waals surface area (Å²) in [6.45, 7) is 3.45. The largest absolute Gasteiger partial charge is 0.324 e. The van der Waals surface area contributed by atoms with E-state index in [9.17, 15) is 13.2 Å². The smallest absolute Gasteiger partial charge is 0.264 e. The maximum atomic E-state index is 13.4. The molecule has 0 aliphatic heterocycles. The quantitative estimate of drug-likeness (QED) is 0.533. The van der Waals surface area contributed by atoms with Gasteiger partial charge >= 0.3 is 0 Å². The van der Waals surface area contributed by atoms with Crippen LogP contribution in [0.3, 0.4) is 0 Å². The van der Waals surface area contributed by atoms with Gasteiger partial charge in [-0.25, -0.2) is 8.42 Å². The van der Waals surface area contributed by atoms with Crippen LogP contribution >= 0.6 is 11.8 Å². The average Bonchev–Trinajstić information content (AvgIpc) is 2.72. The molecule has 1 amide bonds. The molecule has 0 fully saturated rings. The normalized spacial score (nSPS) is 11.2. The fraction of sp³-hybridized carbons (Fsp3) is 0.174. The Morgan fingerprint density at radius 3 is 2.30 bits per heavy atom. The molecule has 5 nitrogen and oxygen atoms in total. The first-order chi connectivity index (χ1) is 14.3. The lowest BCUT2D eigenvalue weighted by Gasteiger charge is -2.24. The van der Waals surface area contributed by atoms with Crippen molar-refractivity contribution in [3.05, 3.63) is 83.9 Å². The molecular formula is C23H24N2O3S2. The van der Waals surface area contributed by atoms with Gasteiger partial charge in [-0.2, -0.15) is 0 Å². The SMILES string of the molecule is CSc1cccc(NC(=O)CN(c2cccc(C)c2)S(=O)(=O)c2ccc(C)cc2)c1. The predicted molar refractivity (Wildman–Crippen MR) is 124 cm³/mol. The summed E-state index contributed by atoms with van der Waals surface area (Å²) >= 11 is 1.57. The van der Waals surface area contributed by atoms with Gasteiger partial charge < -0.3 is 5.32 Å². The van der Waals surface area contributed by atoms with Crippen LogP contribution in [-0.2, 0) is 14.8 Å². The van der Waals surface area contributed by atoms with Gasteiger partial charge in [0.15, 0.2) is 0 Å². The Morgan fingerprint density at radius 1 is 0.933 bits per heavy atom. The van der Waals surface area contributed by atoms with Crippen molar-refractivity contribution in [2.45, 2.75) is 23.6 Å². The van der Waals surface area contributed by atoms with E-state index in [4.69, 9.17) is 0 Å². The zero-order valence-corrected chi connectivity index (χ0v) is 18.8. The van der Waals surface area contributed by atoms with Gasteiger partial charge in [0.2, 0.25) is 5.91 Å². The van der Waals surface area contributed by atoms with Crippen LogP contribution in [0, 0.1) is 13.8 Å². The van der Waals surface area contributed by atoms with Gasteiger partial charge in [-0.15, -0.1) is 11.8 Å². The number of rotatable bonds is 7. The minimum absolute atomic E-state index is 0.145. The second kappa shape index (κ2) is 9.36. The van der Waals surface area contributed by atoms with Crippen molar-refractivity contribution < 1.29 is 13.2 Å². The molecule has 0 aliphatic carbocycles. The molecule has 3 aromatic carbocycles. The summed E-state index contributed by atoms with van der Waals surface area (Å²) in [6, 6.07) is 21.2. The van der Waals surface area contributed by atoms with Crippen LogP contribution < -0.4 is 9.62 Å². The Balaban J connectivity index is 1.93. The lowest BCUT2D eigenvalue weighted by molar-refractivity contribution is -0.114. The minimum atomic E-state index is -3.92. The Bertz CT molecular complexity index is 1140. The summed E-state index contributed by atoms with van der Waals surface area (Å²) in [6.07, 6.45) is 1.95. The Kier molecular flexibility index (Phi) is 6.84. The van der Waals surface area contributed by atoms with E-state index < -0.39 is 15.9 Å². The average molecular weight is 441 g/mol. The molecular weight excluding hydrogens is 416 g/mol. The lowest BCUT2D eigenvalue weighted by atomic mass is 10.2. The molecule has 0 saturated carbocycles. The maximum absolute atomic E-state index is 13.4. The molecule has 0 saturated heterocycles. The fourth-order valence-electron chi connectivity index (χ4n) is 2.97. The molecule has 0 aliphatic rings. The van der Waals surface area contributed by atoms with Crippen LogP contribution in [0.25, 0.3) is 0 Å². The van der Waals surface area contributed by atoms with Gasteiger partial charge in [-0.1, -0.05) is 35.9 Å². The molecule has 0 aromatic heterocycles. The first-order valence-electron chi connectivity index (χ1n) is 9.39. The Labute approximate surface area is 182 Å². The molecule has 0 unspecified atom stereocenters. The number of sulfonamides is 1. The second-order valence-corrected chi connectivity index (χ2v) is 9.69. The van der Waals surface area contributed by atoms with E-state index in [2.05, 4.69) is 5.32 Å². The highest BCUT2D eigenvalue weighted by Gasteiger charge is 2.27. The van der Waals surface area contributed by atoms with Crippen LogP contribution in [0.1, 0.15) is 11.1 Å². The van der Waals surface area contributed by atoms with Crippen molar-refractivity contribution in [2.24, 2.45) is 0 Å². The van der Waals surface area contributed by atoms with Gasteiger partial charge in [-0.3, -0.25) is 9.10 Å². The van der Waals surface area contributed by atoms with E-state index in [1.54, 1.807) is 60.3 Å². The van der Waals surface area contributed by atoms with Crippen molar-refractivity contribution in [3.8, 4) is 0 Å². The number of benzene rings is 3. The van der Waals surface area contributed by atoms with E-state index >= 15 is 0 Å². The van der Waals surface area contributed by atoms with Crippen molar-refractivity contribution in [1.29, 1.82) is 0 Å². The molecule has 0 atom stereocenters. The predicted octanol–water partition coefficient (Wildman–Crippen LogP) is 4.86. The van der Waals surface area contributed by atoms with E-state index in [0.717, 1.165) is 20.3 Å². The van der Waals surface area contributed by atoms with Gasteiger partial charge in [0.05, 0.1) is 10.6 Å². The highest BCUT2D eigenvalue weighted by molar-refractivity contribution is 7.98. The molecule has 0 spiro atoms. The van der Waals surface area contributed by atoms with Crippen molar-refractivity contribution in [1.82, 2.24) is 0 Å². The van der Waals surface area contributed by atoms with E-state index in [1.807, 2.05) is 44.4 Å². The van der Waals surface area contributed by atoms with E-state index in [0.29, 0.717) is 11.4 Å². The minimum Gasteiger partial charge on any atom is -0.324 e. The van der Waals surface area contributed by atoms with Crippen molar-refractivity contribution >= 4 is 39.1 Å². The molecule has 0 radical (unpaired) electrons. The molecule has 1 N–H and O–H groups in total. The molecule has 30 heavy (non-hydrogen) atoms. The van der Waals surface area contributed by atoms with Gasteiger partial charge in [-0.05, 0) is 68.1 Å². The number of aryl methyl sites for hydroxylation is 2. The third-order valence-electron chi connectivity index (χ3n) is 4.54. The molecule has 156 valence electrons. The monoisotopic (exact) mass is 440 g/mol. The number of amides is 1. The summed E-state index contributed by atoms with van der Waals surface area (Å²) in [5.74, 6) is -0.412. The van der Waals surface area contributed by atoms with Crippen LogP contribution in [0.2, 0.25) is 0 Å². The van der Waals surface area contributed by atoms with Crippen LogP contribution in [-0.4, -0.2) is 27.1 Å². The van der Waals surface area contributed by atoms with Gasteiger partial charge in [0, 0.05) is 10.6 Å². The summed E-state index contributed by atoms with van der Waals surface area (Å²) < 4.78 is 27.9. The van der Waals surface area contributed by atoms with Crippen molar-refractivity contribution in [2.75, 3.05) is 22.4 Å². The molecule has 0 heterocycles. The summed E-state index contributed by atoms with van der Waals surface area (Å²) in [5.41, 5.74) is 2.94. The number of anilines is 2. The number of thioether (sulfide) groups is 1. The standard InChI is InChI=1S/C23H24N2O3S2/c1-17-10-12-22(13-11-17)30(27,28)25(20-8-4-6-18(2)14-20)16-23(26)24-19-7-5-9-21(15-19)29-3/h4-15H,16H2,1-3H3,(H,24,26). The van der Waals surface area contributed by atoms with E-state index in [-0.39, 0.29) is 11.4 Å². The van der Waals surface area contributed by atoms with Gasteiger partial charge in [0.25, 0.3) is 10.0 Å². The number of hydrogen-bond donors (Lipinski definition) is 1. The third-order valence-corrected chi connectivity index (χ3v) is 7.05. The van der Waals surface area contributed by atoms with Crippen molar-refractivity contribution in [3.63, 3.8) is 0 Å². The molecule has 7 heteroatoms. The van der Waals surface area contributed by atoms with Crippen LogP contribution in [0.5, 0.6) is 0 Å². The first-order valence-corrected chi connectivity index (χ1v) is 12.1. The number of nitrogens with zero attached hydrogens (tertiary/aromatic N) is 1. The molecule has 3 rings (SSSR count). The first kappa shape index (κ1) is 21.9. The topological polar surface area (TPSA) is 66.5 Å². The van der Waals surface area contributed by atoms with Crippen LogP contribution in [0.4, 0.5) is 11.4 Å². The molecule has 3 aromatic rings.